The fraction of sp³-hybridized carbons (Fsp3) is 0.412. The topological polar surface area (TPSA) is 84.3 Å². The predicted molar refractivity (Wildman–Crippen MR) is 93.6 cm³/mol. The third-order valence-corrected chi connectivity index (χ3v) is 5.89. The van der Waals surface area contributed by atoms with Crippen molar-refractivity contribution < 1.29 is 13.2 Å². The van der Waals surface area contributed by atoms with Gasteiger partial charge in [0.1, 0.15) is 0 Å². The predicted octanol–water partition coefficient (Wildman–Crippen LogP) is 1.49. The van der Waals surface area contributed by atoms with Crippen LogP contribution in [0, 0.1) is 0 Å². The maximum atomic E-state index is 12.5. The molecule has 0 radical (unpaired) electrons. The Morgan fingerprint density at radius 2 is 2.08 bits per heavy atom. The van der Waals surface area contributed by atoms with E-state index in [1.165, 1.54) is 12.1 Å². The van der Waals surface area contributed by atoms with Gasteiger partial charge in [0.05, 0.1) is 11.4 Å². The Bertz CT molecular complexity index is 816. The molecular formula is C17H22N4O3S. The van der Waals surface area contributed by atoms with Crippen LogP contribution in [0.15, 0.2) is 47.6 Å². The van der Waals surface area contributed by atoms with Gasteiger partial charge >= 0.3 is 0 Å². The smallest absolute Gasteiger partial charge is 0.254 e. The zero-order valence-corrected chi connectivity index (χ0v) is 14.9. The van der Waals surface area contributed by atoms with Crippen molar-refractivity contribution in [2.24, 2.45) is 0 Å². The number of carbonyl (C=O) groups excluding carboxylic acids is 1. The second-order valence-electron chi connectivity index (χ2n) is 6.18. The molecule has 8 heteroatoms. The number of aromatic nitrogens is 2. The van der Waals surface area contributed by atoms with Gasteiger partial charge in [-0.1, -0.05) is 0 Å². The van der Waals surface area contributed by atoms with E-state index >= 15 is 0 Å². The first-order chi connectivity index (χ1) is 12.0. The van der Waals surface area contributed by atoms with E-state index in [2.05, 4.69) is 9.82 Å². The third kappa shape index (κ3) is 4.08. The number of benzene rings is 1. The Morgan fingerprint density at radius 1 is 1.32 bits per heavy atom. The van der Waals surface area contributed by atoms with Crippen LogP contribution in [0.2, 0.25) is 0 Å². The molecule has 1 aliphatic rings. The summed E-state index contributed by atoms with van der Waals surface area (Å²) in [6.45, 7) is 3.49. The van der Waals surface area contributed by atoms with Crippen LogP contribution in [0.5, 0.6) is 0 Å². The van der Waals surface area contributed by atoms with Crippen molar-refractivity contribution in [2.45, 2.75) is 37.2 Å². The Labute approximate surface area is 147 Å². The fourth-order valence-electron chi connectivity index (χ4n) is 2.99. The summed E-state index contributed by atoms with van der Waals surface area (Å²) >= 11 is 0. The number of amides is 1. The normalized spacial score (nSPS) is 17.8. The summed E-state index contributed by atoms with van der Waals surface area (Å²) < 4.78 is 28.8. The van der Waals surface area contributed by atoms with Gasteiger partial charge in [-0.3, -0.25) is 9.48 Å². The van der Waals surface area contributed by atoms with Crippen LogP contribution in [0.4, 0.5) is 0 Å². The maximum absolute atomic E-state index is 12.5. The van der Waals surface area contributed by atoms with Crippen molar-refractivity contribution in [1.29, 1.82) is 0 Å². The van der Waals surface area contributed by atoms with Crippen molar-refractivity contribution in [2.75, 3.05) is 13.1 Å². The van der Waals surface area contributed by atoms with Gasteiger partial charge in [-0.15, -0.1) is 0 Å². The van der Waals surface area contributed by atoms with Crippen LogP contribution in [0.1, 0.15) is 30.1 Å². The molecule has 1 fully saturated rings. The number of carbonyl (C=O) groups is 1. The van der Waals surface area contributed by atoms with E-state index in [4.69, 9.17) is 0 Å². The summed E-state index contributed by atoms with van der Waals surface area (Å²) in [6.07, 6.45) is 5.44. The van der Waals surface area contributed by atoms with E-state index in [1.54, 1.807) is 35.3 Å². The molecule has 7 nitrogen and oxygen atoms in total. The number of rotatable bonds is 6. The lowest BCUT2D eigenvalue weighted by molar-refractivity contribution is 0.0747. The molecule has 1 aliphatic heterocycles. The second kappa shape index (κ2) is 7.37. The van der Waals surface area contributed by atoms with Gasteiger partial charge in [-0.25, -0.2) is 13.1 Å². The number of nitrogens with one attached hydrogen (secondary N) is 1. The van der Waals surface area contributed by atoms with E-state index in [0.717, 1.165) is 19.4 Å². The Balaban J connectivity index is 1.63. The first kappa shape index (κ1) is 17.6. The summed E-state index contributed by atoms with van der Waals surface area (Å²) in [5.41, 5.74) is 0.518. The molecule has 0 unspecified atom stereocenters. The minimum atomic E-state index is -3.60. The van der Waals surface area contributed by atoms with Gasteiger partial charge in [-0.05, 0) is 50.1 Å². The molecule has 2 aromatic rings. The van der Waals surface area contributed by atoms with Gasteiger partial charge in [0, 0.05) is 37.1 Å². The highest BCUT2D eigenvalue weighted by atomic mass is 32.2. The van der Waals surface area contributed by atoms with Crippen LogP contribution < -0.4 is 4.72 Å². The summed E-state index contributed by atoms with van der Waals surface area (Å²) in [6, 6.07) is 8.13. The Hall–Kier alpha value is -2.19. The number of hydrogen-bond donors (Lipinski definition) is 1. The maximum Gasteiger partial charge on any atom is 0.254 e. The third-order valence-electron chi connectivity index (χ3n) is 4.42. The lowest BCUT2D eigenvalue weighted by atomic mass is 10.2. The van der Waals surface area contributed by atoms with Crippen molar-refractivity contribution in [3.05, 3.63) is 48.3 Å². The largest absolute Gasteiger partial charge is 0.336 e. The van der Waals surface area contributed by atoms with Crippen LogP contribution >= 0.6 is 0 Å². The van der Waals surface area contributed by atoms with Crippen molar-refractivity contribution in [3.8, 4) is 0 Å². The van der Waals surface area contributed by atoms with E-state index in [0.29, 0.717) is 12.1 Å². The highest BCUT2D eigenvalue weighted by Crippen LogP contribution is 2.20. The van der Waals surface area contributed by atoms with Crippen LogP contribution in [0.25, 0.3) is 0 Å². The molecule has 2 heterocycles. The first-order valence-corrected chi connectivity index (χ1v) is 9.84. The van der Waals surface area contributed by atoms with Crippen molar-refractivity contribution in [3.63, 3.8) is 0 Å². The van der Waals surface area contributed by atoms with E-state index in [-0.39, 0.29) is 23.4 Å². The molecule has 0 aliphatic carbocycles. The molecule has 0 spiro atoms. The molecule has 0 bridgehead atoms. The molecule has 25 heavy (non-hydrogen) atoms. The molecule has 0 saturated carbocycles. The van der Waals surface area contributed by atoms with Crippen molar-refractivity contribution in [1.82, 2.24) is 19.4 Å². The van der Waals surface area contributed by atoms with Gasteiger partial charge in [0.25, 0.3) is 5.91 Å². The zero-order chi connectivity index (χ0) is 17.9. The molecule has 1 amide bonds. The summed E-state index contributed by atoms with van der Waals surface area (Å²) in [4.78, 5) is 14.5. The SMILES string of the molecule is C[C@@H]1CCCN1C(=O)c1ccc(S(=O)(=O)NCCn2cccn2)cc1. The highest BCUT2D eigenvalue weighted by Gasteiger charge is 2.26. The van der Waals surface area contributed by atoms with E-state index < -0.39 is 10.0 Å². The lowest BCUT2D eigenvalue weighted by Gasteiger charge is -2.21. The molecule has 134 valence electrons. The summed E-state index contributed by atoms with van der Waals surface area (Å²) in [5, 5.41) is 4.02. The quantitative estimate of drug-likeness (QED) is 0.844. The average Bonchev–Trinajstić information content (AvgIpc) is 3.26. The number of sulfonamides is 1. The van der Waals surface area contributed by atoms with Crippen LogP contribution in [-0.2, 0) is 16.6 Å². The molecule has 1 N–H and O–H groups in total. The number of likely N-dealkylation sites (tertiary alicyclic amines) is 1. The minimum Gasteiger partial charge on any atom is -0.336 e. The van der Waals surface area contributed by atoms with Gasteiger partial charge in [0.2, 0.25) is 10.0 Å². The van der Waals surface area contributed by atoms with Crippen molar-refractivity contribution >= 4 is 15.9 Å². The van der Waals surface area contributed by atoms with E-state index in [9.17, 15) is 13.2 Å². The van der Waals surface area contributed by atoms with Crippen LogP contribution in [-0.4, -0.2) is 48.1 Å². The minimum absolute atomic E-state index is 0.0411. The Morgan fingerprint density at radius 3 is 2.68 bits per heavy atom. The standard InChI is InChI=1S/C17H22N4O3S/c1-14-4-2-12-21(14)17(22)15-5-7-16(8-6-15)25(23,24)19-10-13-20-11-3-9-18-20/h3,5-9,11,14,19H,2,4,10,12-13H2,1H3/t14-/m1/s1. The van der Waals surface area contributed by atoms with Gasteiger partial charge < -0.3 is 4.90 Å². The van der Waals surface area contributed by atoms with E-state index in [1.807, 2.05) is 11.8 Å². The van der Waals surface area contributed by atoms with Gasteiger partial charge in [0.15, 0.2) is 0 Å². The Kier molecular flexibility index (Phi) is 5.19. The summed E-state index contributed by atoms with van der Waals surface area (Å²) in [5.74, 6) is -0.0411. The number of hydrogen-bond acceptors (Lipinski definition) is 4. The average molecular weight is 362 g/mol. The fourth-order valence-corrected chi connectivity index (χ4v) is 4.01. The molecule has 1 aromatic carbocycles. The molecule has 1 saturated heterocycles. The molecule has 1 atom stereocenters. The first-order valence-electron chi connectivity index (χ1n) is 8.35. The molecule has 3 rings (SSSR count). The van der Waals surface area contributed by atoms with Crippen LogP contribution in [0.3, 0.4) is 0 Å². The molecule has 1 aromatic heterocycles. The molecular weight excluding hydrogens is 340 g/mol. The summed E-state index contributed by atoms with van der Waals surface area (Å²) in [7, 11) is -3.60. The number of nitrogens with zero attached hydrogens (tertiary/aromatic N) is 3. The van der Waals surface area contributed by atoms with Gasteiger partial charge in [-0.2, -0.15) is 5.10 Å². The monoisotopic (exact) mass is 362 g/mol. The second-order valence-corrected chi connectivity index (χ2v) is 7.95. The lowest BCUT2D eigenvalue weighted by Crippen LogP contribution is -2.33. The highest BCUT2D eigenvalue weighted by molar-refractivity contribution is 7.89. The zero-order valence-electron chi connectivity index (χ0n) is 14.1.